The fraction of sp³-hybridized carbons (Fsp3) is 0.778. The van der Waals surface area contributed by atoms with E-state index < -0.39 is 10.0 Å². The van der Waals surface area contributed by atoms with Crippen LogP contribution in [0.15, 0.2) is 9.42 Å². The molecule has 1 saturated heterocycles. The topological polar surface area (TPSA) is 83.7 Å². The highest BCUT2D eigenvalue weighted by molar-refractivity contribution is 7.89. The van der Waals surface area contributed by atoms with E-state index >= 15 is 0 Å². The third-order valence-corrected chi connectivity index (χ3v) is 7.35. The lowest BCUT2D eigenvalue weighted by Crippen LogP contribution is -2.46. The number of aromatic nitrogens is 1. The molecule has 2 aliphatic rings. The van der Waals surface area contributed by atoms with Crippen molar-refractivity contribution in [3.8, 4) is 0 Å². The lowest BCUT2D eigenvalue weighted by molar-refractivity contribution is -0.137. The van der Waals surface area contributed by atoms with Gasteiger partial charge in [-0.3, -0.25) is 4.79 Å². The minimum atomic E-state index is -3.62. The Kier molecular flexibility index (Phi) is 5.44. The Balaban J connectivity index is 1.66. The third kappa shape index (κ3) is 3.81. The number of sulfonamides is 1. The number of carbonyl (C=O) groups excluding carboxylic acids is 1. The maximum atomic E-state index is 12.9. The zero-order chi connectivity index (χ0) is 19.1. The van der Waals surface area contributed by atoms with Crippen molar-refractivity contribution in [2.75, 3.05) is 19.6 Å². The highest BCUT2D eigenvalue weighted by Gasteiger charge is 2.39. The van der Waals surface area contributed by atoms with Gasteiger partial charge in [0.25, 0.3) is 0 Å². The number of piperidine rings is 1. The van der Waals surface area contributed by atoms with E-state index in [0.29, 0.717) is 49.3 Å². The van der Waals surface area contributed by atoms with Crippen molar-refractivity contribution in [3.63, 3.8) is 0 Å². The fourth-order valence-electron chi connectivity index (χ4n) is 3.75. The van der Waals surface area contributed by atoms with Crippen LogP contribution in [0, 0.1) is 25.7 Å². The molecular weight excluding hydrogens is 354 g/mol. The number of nitrogens with zero attached hydrogens (tertiary/aromatic N) is 3. The Morgan fingerprint density at radius 2 is 1.85 bits per heavy atom. The van der Waals surface area contributed by atoms with Gasteiger partial charge in [0.05, 0.1) is 0 Å². The summed E-state index contributed by atoms with van der Waals surface area (Å²) >= 11 is 0. The standard InChI is InChI=1S/C18H29N3O4S/c1-12(2)11-21(16-5-6-16)18(22)15-7-9-20(10-8-15)26(23,24)17-13(3)19-25-14(17)4/h12,15-16H,5-11H2,1-4H3. The molecule has 0 bridgehead atoms. The molecule has 26 heavy (non-hydrogen) atoms. The van der Waals surface area contributed by atoms with Crippen LogP contribution in [0.25, 0.3) is 0 Å². The predicted molar refractivity (Wildman–Crippen MR) is 97.0 cm³/mol. The number of carbonyl (C=O) groups is 1. The lowest BCUT2D eigenvalue weighted by atomic mass is 9.96. The Labute approximate surface area is 155 Å². The third-order valence-electron chi connectivity index (χ3n) is 5.20. The van der Waals surface area contributed by atoms with Crippen LogP contribution in [0.5, 0.6) is 0 Å². The van der Waals surface area contributed by atoms with Crippen molar-refractivity contribution in [1.82, 2.24) is 14.4 Å². The van der Waals surface area contributed by atoms with Crippen LogP contribution >= 0.6 is 0 Å². The van der Waals surface area contributed by atoms with Crippen LogP contribution in [0.1, 0.15) is 51.0 Å². The number of aryl methyl sites for hydroxylation is 2. The summed E-state index contributed by atoms with van der Waals surface area (Å²) in [5, 5.41) is 3.76. The second-order valence-corrected chi connectivity index (χ2v) is 9.82. The SMILES string of the molecule is Cc1noc(C)c1S(=O)(=O)N1CCC(C(=O)N(CC(C)C)C2CC2)CC1. The Bertz CT molecular complexity index is 740. The van der Waals surface area contributed by atoms with Crippen molar-refractivity contribution < 1.29 is 17.7 Å². The Morgan fingerprint density at radius 3 is 2.31 bits per heavy atom. The van der Waals surface area contributed by atoms with Gasteiger partial charge in [-0.25, -0.2) is 8.42 Å². The van der Waals surface area contributed by atoms with Gasteiger partial charge in [-0.1, -0.05) is 19.0 Å². The summed E-state index contributed by atoms with van der Waals surface area (Å²) in [6, 6.07) is 0.397. The van der Waals surface area contributed by atoms with E-state index in [9.17, 15) is 13.2 Å². The van der Waals surface area contributed by atoms with Gasteiger partial charge in [0, 0.05) is 31.6 Å². The molecule has 1 aromatic heterocycles. The average molecular weight is 384 g/mol. The van der Waals surface area contributed by atoms with Gasteiger partial charge in [0.2, 0.25) is 15.9 Å². The van der Waals surface area contributed by atoms with Gasteiger partial charge in [-0.15, -0.1) is 0 Å². The molecule has 2 heterocycles. The van der Waals surface area contributed by atoms with Crippen LogP contribution in [-0.4, -0.2) is 54.4 Å². The zero-order valence-corrected chi connectivity index (χ0v) is 16.9. The van der Waals surface area contributed by atoms with E-state index in [2.05, 4.69) is 19.0 Å². The maximum Gasteiger partial charge on any atom is 0.248 e. The average Bonchev–Trinajstić information content (AvgIpc) is 3.36. The van der Waals surface area contributed by atoms with E-state index in [1.807, 2.05) is 4.90 Å². The summed E-state index contributed by atoms with van der Waals surface area (Å²) in [4.78, 5) is 15.1. The molecule has 1 amide bonds. The quantitative estimate of drug-likeness (QED) is 0.753. The van der Waals surface area contributed by atoms with Crippen LogP contribution in [0.4, 0.5) is 0 Å². The molecule has 146 valence electrons. The summed E-state index contributed by atoms with van der Waals surface area (Å²) in [6.45, 7) is 9.03. The molecule has 0 spiro atoms. The number of amides is 1. The molecule has 1 aromatic rings. The van der Waals surface area contributed by atoms with Gasteiger partial charge in [-0.2, -0.15) is 4.31 Å². The first kappa shape index (κ1) is 19.4. The highest BCUT2D eigenvalue weighted by Crippen LogP contribution is 2.32. The molecule has 7 nitrogen and oxygen atoms in total. The van der Waals surface area contributed by atoms with E-state index in [4.69, 9.17) is 4.52 Å². The lowest BCUT2D eigenvalue weighted by Gasteiger charge is -2.34. The summed E-state index contributed by atoms with van der Waals surface area (Å²) in [6.07, 6.45) is 3.33. The van der Waals surface area contributed by atoms with Gasteiger partial charge >= 0.3 is 0 Å². The summed E-state index contributed by atoms with van der Waals surface area (Å²) in [5.41, 5.74) is 0.387. The Morgan fingerprint density at radius 1 is 1.23 bits per heavy atom. The van der Waals surface area contributed by atoms with E-state index in [1.54, 1.807) is 13.8 Å². The first-order valence-electron chi connectivity index (χ1n) is 9.45. The van der Waals surface area contributed by atoms with Crippen LogP contribution in [-0.2, 0) is 14.8 Å². The van der Waals surface area contributed by atoms with Gasteiger partial charge in [0.1, 0.15) is 10.6 Å². The predicted octanol–water partition coefficient (Wildman–Crippen LogP) is 2.34. The highest BCUT2D eigenvalue weighted by atomic mass is 32.2. The molecule has 3 rings (SSSR count). The van der Waals surface area contributed by atoms with Crippen molar-refractivity contribution in [2.45, 2.75) is 64.3 Å². The van der Waals surface area contributed by atoms with Crippen molar-refractivity contribution in [2.24, 2.45) is 11.8 Å². The molecule has 2 fully saturated rings. The van der Waals surface area contributed by atoms with Crippen LogP contribution in [0.2, 0.25) is 0 Å². The molecule has 0 aromatic carbocycles. The number of hydrogen-bond donors (Lipinski definition) is 0. The Hall–Kier alpha value is -1.41. The summed E-state index contributed by atoms with van der Waals surface area (Å²) < 4.78 is 32.3. The first-order valence-corrected chi connectivity index (χ1v) is 10.9. The molecule has 1 aliphatic heterocycles. The molecular formula is C18H29N3O4S. The van der Waals surface area contributed by atoms with Crippen molar-refractivity contribution >= 4 is 15.9 Å². The normalized spacial score (nSPS) is 19.9. The molecule has 0 N–H and O–H groups in total. The molecule has 1 saturated carbocycles. The maximum absolute atomic E-state index is 12.9. The monoisotopic (exact) mass is 383 g/mol. The second kappa shape index (κ2) is 7.31. The number of hydrogen-bond acceptors (Lipinski definition) is 5. The van der Waals surface area contributed by atoms with Crippen LogP contribution in [0.3, 0.4) is 0 Å². The minimum Gasteiger partial charge on any atom is -0.360 e. The second-order valence-electron chi connectivity index (χ2n) is 7.95. The van der Waals surface area contributed by atoms with Crippen molar-refractivity contribution in [3.05, 3.63) is 11.5 Å². The number of rotatable bonds is 6. The van der Waals surface area contributed by atoms with E-state index in [-0.39, 0.29) is 16.7 Å². The van der Waals surface area contributed by atoms with Gasteiger partial charge in [-0.05, 0) is 45.4 Å². The first-order chi connectivity index (χ1) is 12.2. The molecule has 1 aliphatic carbocycles. The van der Waals surface area contributed by atoms with E-state index in [0.717, 1.165) is 19.4 Å². The van der Waals surface area contributed by atoms with Gasteiger partial charge in [0.15, 0.2) is 5.76 Å². The molecule has 0 radical (unpaired) electrons. The smallest absolute Gasteiger partial charge is 0.248 e. The summed E-state index contributed by atoms with van der Waals surface area (Å²) in [5.74, 6) is 0.887. The largest absolute Gasteiger partial charge is 0.360 e. The molecule has 8 heteroatoms. The van der Waals surface area contributed by atoms with E-state index in [1.165, 1.54) is 4.31 Å². The molecule has 0 atom stereocenters. The van der Waals surface area contributed by atoms with Crippen LogP contribution < -0.4 is 0 Å². The molecule has 0 unspecified atom stereocenters. The van der Waals surface area contributed by atoms with Crippen molar-refractivity contribution in [1.29, 1.82) is 0 Å². The fourth-order valence-corrected chi connectivity index (χ4v) is 5.51. The summed E-state index contributed by atoms with van der Waals surface area (Å²) in [7, 11) is -3.62. The van der Waals surface area contributed by atoms with Gasteiger partial charge < -0.3 is 9.42 Å². The minimum absolute atomic E-state index is 0.0783. The zero-order valence-electron chi connectivity index (χ0n) is 16.1.